The first-order valence-corrected chi connectivity index (χ1v) is 7.65. The number of methoxy groups -OCH3 is 2. The maximum absolute atomic E-state index is 11.2. The fourth-order valence-electron chi connectivity index (χ4n) is 1.10. The molecule has 0 aliphatic rings. The Balaban J connectivity index is 0. The van der Waals surface area contributed by atoms with E-state index in [1.54, 1.807) is 19.2 Å². The van der Waals surface area contributed by atoms with Crippen LogP contribution in [0.4, 0.5) is 0 Å². The van der Waals surface area contributed by atoms with Crippen molar-refractivity contribution >= 4 is 21.9 Å². The topological polar surface area (TPSA) is 35.5 Å². The highest BCUT2D eigenvalue weighted by molar-refractivity contribution is 9.08. The Morgan fingerprint density at radius 1 is 1.20 bits per heavy atom. The molecule has 0 atom stereocenters. The van der Waals surface area contributed by atoms with Crippen LogP contribution in [0.5, 0.6) is 5.75 Å². The molecule has 0 heterocycles. The molecule has 0 saturated heterocycles. The standard InChI is InChI=1S/C10H11BrO3.C4H8.C2H6/c1-13-9-5-7(10(12)14-2)3-4-8(9)6-11;1-3-4-2;1-2/h3-5H,6H2,1-2H3;3-4H,1-2H3;1-2H3/b;4-3-;. The molecule has 1 aromatic rings. The number of alkyl halides is 1. The van der Waals surface area contributed by atoms with Gasteiger partial charge in [-0.3, -0.25) is 0 Å². The Hall–Kier alpha value is -1.29. The van der Waals surface area contributed by atoms with Crippen LogP contribution in [0.1, 0.15) is 43.6 Å². The van der Waals surface area contributed by atoms with E-state index in [-0.39, 0.29) is 5.97 Å². The molecule has 4 heteroatoms. The van der Waals surface area contributed by atoms with Crippen LogP contribution in [0, 0.1) is 0 Å². The first kappa shape index (κ1) is 21.0. The minimum atomic E-state index is -0.357. The highest BCUT2D eigenvalue weighted by atomic mass is 79.9. The molecule has 0 aromatic heterocycles. The lowest BCUT2D eigenvalue weighted by atomic mass is 10.1. The molecule has 0 radical (unpaired) electrons. The Morgan fingerprint density at radius 3 is 2.10 bits per heavy atom. The summed E-state index contributed by atoms with van der Waals surface area (Å²) < 4.78 is 9.74. The van der Waals surface area contributed by atoms with Crippen molar-refractivity contribution in [3.05, 3.63) is 41.5 Å². The highest BCUT2D eigenvalue weighted by Gasteiger charge is 2.09. The van der Waals surface area contributed by atoms with Gasteiger partial charge in [-0.05, 0) is 26.0 Å². The Bertz CT molecular complexity index is 397. The fraction of sp³-hybridized carbons (Fsp3) is 0.438. The Morgan fingerprint density at radius 2 is 1.75 bits per heavy atom. The van der Waals surface area contributed by atoms with Crippen molar-refractivity contribution < 1.29 is 14.3 Å². The molecule has 1 aromatic carbocycles. The van der Waals surface area contributed by atoms with Crippen LogP contribution in [0.2, 0.25) is 0 Å². The van der Waals surface area contributed by atoms with Gasteiger partial charge < -0.3 is 9.47 Å². The van der Waals surface area contributed by atoms with E-state index in [2.05, 4.69) is 20.7 Å². The number of hydrogen-bond acceptors (Lipinski definition) is 3. The van der Waals surface area contributed by atoms with E-state index in [4.69, 9.17) is 4.74 Å². The van der Waals surface area contributed by atoms with Gasteiger partial charge in [0.2, 0.25) is 0 Å². The normalized spacial score (nSPS) is 8.95. The first-order chi connectivity index (χ1) is 9.64. The summed E-state index contributed by atoms with van der Waals surface area (Å²) in [7, 11) is 2.93. The second-order valence-corrected chi connectivity index (χ2v) is 3.88. The molecule has 0 amide bonds. The van der Waals surface area contributed by atoms with E-state index in [0.29, 0.717) is 16.6 Å². The molecular weight excluding hydrogens is 320 g/mol. The lowest BCUT2D eigenvalue weighted by Crippen LogP contribution is -2.02. The maximum atomic E-state index is 11.2. The van der Waals surface area contributed by atoms with Gasteiger partial charge in [-0.25, -0.2) is 4.79 Å². The summed E-state index contributed by atoms with van der Waals surface area (Å²) in [5, 5.41) is 0.692. The number of ether oxygens (including phenoxy) is 2. The molecule has 0 saturated carbocycles. The zero-order chi connectivity index (χ0) is 16.0. The molecular formula is C16H25BrO3. The molecule has 0 aliphatic carbocycles. The van der Waals surface area contributed by atoms with Crippen molar-refractivity contribution in [2.45, 2.75) is 33.0 Å². The van der Waals surface area contributed by atoms with Gasteiger partial charge in [0.25, 0.3) is 0 Å². The van der Waals surface area contributed by atoms with Gasteiger partial charge in [0.15, 0.2) is 0 Å². The van der Waals surface area contributed by atoms with Crippen LogP contribution < -0.4 is 4.74 Å². The zero-order valence-electron chi connectivity index (χ0n) is 13.2. The molecule has 0 N–H and O–H groups in total. The van der Waals surface area contributed by atoms with Crippen molar-refractivity contribution in [3.8, 4) is 5.75 Å². The molecule has 20 heavy (non-hydrogen) atoms. The second-order valence-electron chi connectivity index (χ2n) is 3.32. The number of hydrogen-bond donors (Lipinski definition) is 0. The van der Waals surface area contributed by atoms with Crippen LogP contribution in [-0.4, -0.2) is 20.2 Å². The van der Waals surface area contributed by atoms with Gasteiger partial charge in [0, 0.05) is 10.9 Å². The largest absolute Gasteiger partial charge is 0.496 e. The van der Waals surface area contributed by atoms with Gasteiger partial charge in [-0.2, -0.15) is 0 Å². The van der Waals surface area contributed by atoms with E-state index in [1.165, 1.54) is 7.11 Å². The number of allylic oxidation sites excluding steroid dienone is 2. The van der Waals surface area contributed by atoms with Gasteiger partial charge in [0.1, 0.15) is 5.75 Å². The van der Waals surface area contributed by atoms with Crippen LogP contribution in [0.25, 0.3) is 0 Å². The Labute approximate surface area is 131 Å². The fourth-order valence-corrected chi connectivity index (χ4v) is 1.56. The number of carbonyl (C=O) groups excluding carboxylic acids is 1. The number of benzene rings is 1. The van der Waals surface area contributed by atoms with Crippen LogP contribution in [0.15, 0.2) is 30.4 Å². The van der Waals surface area contributed by atoms with Gasteiger partial charge in [0.05, 0.1) is 19.8 Å². The summed E-state index contributed by atoms with van der Waals surface area (Å²) in [5.74, 6) is 0.328. The van der Waals surface area contributed by atoms with E-state index in [0.717, 1.165) is 5.56 Å². The van der Waals surface area contributed by atoms with Gasteiger partial charge in [-0.1, -0.05) is 48.0 Å². The molecule has 0 spiro atoms. The van der Waals surface area contributed by atoms with E-state index in [1.807, 2.05) is 45.9 Å². The van der Waals surface area contributed by atoms with Crippen molar-refractivity contribution in [2.75, 3.05) is 14.2 Å². The molecule has 0 aliphatic heterocycles. The summed E-state index contributed by atoms with van der Waals surface area (Å²) >= 11 is 3.33. The van der Waals surface area contributed by atoms with Crippen molar-refractivity contribution in [3.63, 3.8) is 0 Å². The van der Waals surface area contributed by atoms with E-state index >= 15 is 0 Å². The predicted molar refractivity (Wildman–Crippen MR) is 88.8 cm³/mol. The molecule has 0 fully saturated rings. The number of esters is 1. The van der Waals surface area contributed by atoms with E-state index < -0.39 is 0 Å². The molecule has 114 valence electrons. The third-order valence-electron chi connectivity index (χ3n) is 2.19. The molecule has 1 rings (SSSR count). The van der Waals surface area contributed by atoms with Gasteiger partial charge in [-0.15, -0.1) is 0 Å². The summed E-state index contributed by atoms with van der Waals surface area (Å²) in [6.07, 6.45) is 4.00. The van der Waals surface area contributed by atoms with Crippen molar-refractivity contribution in [1.82, 2.24) is 0 Å². The van der Waals surface area contributed by atoms with Crippen LogP contribution in [0.3, 0.4) is 0 Å². The molecule has 0 bridgehead atoms. The third-order valence-corrected chi connectivity index (χ3v) is 2.79. The van der Waals surface area contributed by atoms with Crippen molar-refractivity contribution in [2.24, 2.45) is 0 Å². The minimum absolute atomic E-state index is 0.357. The summed E-state index contributed by atoms with van der Waals surface area (Å²) in [4.78, 5) is 11.2. The SMILES string of the molecule is C/C=C\C.CC.COC(=O)c1ccc(CBr)c(OC)c1. The summed E-state index contributed by atoms with van der Waals surface area (Å²) in [5.41, 5.74) is 1.49. The zero-order valence-corrected chi connectivity index (χ0v) is 14.8. The monoisotopic (exact) mass is 344 g/mol. The average molecular weight is 345 g/mol. The lowest BCUT2D eigenvalue weighted by Gasteiger charge is -2.07. The van der Waals surface area contributed by atoms with Crippen LogP contribution >= 0.6 is 15.9 Å². The lowest BCUT2D eigenvalue weighted by molar-refractivity contribution is 0.0600. The number of carbonyl (C=O) groups is 1. The van der Waals surface area contributed by atoms with Crippen LogP contribution in [-0.2, 0) is 10.1 Å². The quantitative estimate of drug-likeness (QED) is 0.440. The maximum Gasteiger partial charge on any atom is 0.337 e. The smallest absolute Gasteiger partial charge is 0.337 e. The van der Waals surface area contributed by atoms with Gasteiger partial charge >= 0.3 is 5.97 Å². The predicted octanol–water partition coefficient (Wildman–Crippen LogP) is 4.99. The number of halogens is 1. The third kappa shape index (κ3) is 8.00. The molecule has 0 unspecified atom stereocenters. The number of rotatable bonds is 3. The average Bonchev–Trinajstić information content (AvgIpc) is 2.55. The van der Waals surface area contributed by atoms with Crippen molar-refractivity contribution in [1.29, 1.82) is 0 Å². The minimum Gasteiger partial charge on any atom is -0.496 e. The molecule has 3 nitrogen and oxygen atoms in total. The first-order valence-electron chi connectivity index (χ1n) is 6.53. The highest BCUT2D eigenvalue weighted by Crippen LogP contribution is 2.22. The second kappa shape index (κ2) is 14.1. The summed E-state index contributed by atoms with van der Waals surface area (Å²) in [6.45, 7) is 8.00. The summed E-state index contributed by atoms with van der Waals surface area (Å²) in [6, 6.07) is 5.22. The Kier molecular flexibility index (Phi) is 14.8. The van der Waals surface area contributed by atoms with E-state index in [9.17, 15) is 4.79 Å².